The van der Waals surface area contributed by atoms with Crippen LogP contribution in [0.15, 0.2) is 24.3 Å². The number of anilines is 1. The lowest BCUT2D eigenvalue weighted by Gasteiger charge is -2.37. The van der Waals surface area contributed by atoms with E-state index < -0.39 is 0 Å². The van der Waals surface area contributed by atoms with Crippen molar-refractivity contribution < 1.29 is 4.39 Å². The van der Waals surface area contributed by atoms with E-state index in [0.717, 1.165) is 37.4 Å². The van der Waals surface area contributed by atoms with E-state index in [1.54, 1.807) is 0 Å². The highest BCUT2D eigenvalue weighted by Crippen LogP contribution is 2.23. The average Bonchev–Trinajstić information content (AvgIpc) is 2.35. The van der Waals surface area contributed by atoms with Gasteiger partial charge in [-0.05, 0) is 24.7 Å². The molecular formula is C13H20FN3. The molecule has 94 valence electrons. The minimum absolute atomic E-state index is 0.121. The number of likely N-dealkylation sites (N-methyl/N-ethyl adjacent to an activating group) is 1. The molecule has 1 aliphatic rings. The third kappa shape index (κ3) is 2.96. The van der Waals surface area contributed by atoms with Crippen molar-refractivity contribution in [3.63, 3.8) is 0 Å². The second kappa shape index (κ2) is 5.47. The normalized spacial score (nSPS) is 20.4. The van der Waals surface area contributed by atoms with Crippen LogP contribution in [0.3, 0.4) is 0 Å². The SMILES string of the molecule is CN1CCN(C(CF)c2ccc(N)cc2)CC1. The van der Waals surface area contributed by atoms with Crippen molar-refractivity contribution in [1.82, 2.24) is 9.80 Å². The Morgan fingerprint density at radius 2 is 1.76 bits per heavy atom. The van der Waals surface area contributed by atoms with Crippen molar-refractivity contribution in [2.24, 2.45) is 0 Å². The van der Waals surface area contributed by atoms with Gasteiger partial charge in [-0.1, -0.05) is 12.1 Å². The molecule has 0 radical (unpaired) electrons. The molecule has 2 N–H and O–H groups in total. The third-order valence-electron chi connectivity index (χ3n) is 3.45. The first-order valence-electron chi connectivity index (χ1n) is 6.04. The number of hydrogen-bond donors (Lipinski definition) is 1. The first-order valence-corrected chi connectivity index (χ1v) is 6.04. The maximum absolute atomic E-state index is 13.2. The lowest BCUT2D eigenvalue weighted by molar-refractivity contribution is 0.0967. The van der Waals surface area contributed by atoms with Crippen molar-refractivity contribution in [2.45, 2.75) is 6.04 Å². The summed E-state index contributed by atoms with van der Waals surface area (Å²) in [6.07, 6.45) is 0. The smallest absolute Gasteiger partial charge is 0.109 e. The molecular weight excluding hydrogens is 217 g/mol. The minimum Gasteiger partial charge on any atom is -0.399 e. The summed E-state index contributed by atoms with van der Waals surface area (Å²) in [7, 11) is 2.10. The van der Waals surface area contributed by atoms with Crippen molar-refractivity contribution in [3.8, 4) is 0 Å². The molecule has 3 nitrogen and oxygen atoms in total. The summed E-state index contributed by atoms with van der Waals surface area (Å²) < 4.78 is 13.2. The standard InChI is InChI=1S/C13H20FN3/c1-16-6-8-17(9-7-16)13(10-14)11-2-4-12(15)5-3-11/h2-5,13H,6-10,15H2,1H3. The fourth-order valence-corrected chi connectivity index (χ4v) is 2.25. The van der Waals surface area contributed by atoms with Gasteiger partial charge >= 0.3 is 0 Å². The summed E-state index contributed by atoms with van der Waals surface area (Å²) in [6.45, 7) is 3.52. The zero-order chi connectivity index (χ0) is 12.3. The number of alkyl halides is 1. The van der Waals surface area contributed by atoms with Gasteiger partial charge in [0.15, 0.2) is 0 Å². The molecule has 1 unspecified atom stereocenters. The molecule has 0 saturated carbocycles. The van der Waals surface area contributed by atoms with Crippen molar-refractivity contribution >= 4 is 5.69 Å². The van der Waals surface area contributed by atoms with Crippen molar-refractivity contribution in [1.29, 1.82) is 0 Å². The molecule has 0 spiro atoms. The van der Waals surface area contributed by atoms with Crippen LogP contribution in [0.5, 0.6) is 0 Å². The largest absolute Gasteiger partial charge is 0.399 e. The second-order valence-electron chi connectivity index (χ2n) is 4.68. The Labute approximate surface area is 102 Å². The van der Waals surface area contributed by atoms with Crippen molar-refractivity contribution in [3.05, 3.63) is 29.8 Å². The predicted molar refractivity (Wildman–Crippen MR) is 68.6 cm³/mol. The lowest BCUT2D eigenvalue weighted by atomic mass is 10.1. The zero-order valence-corrected chi connectivity index (χ0v) is 10.3. The van der Waals surface area contributed by atoms with Gasteiger partial charge in [-0.25, -0.2) is 4.39 Å². The molecule has 17 heavy (non-hydrogen) atoms. The third-order valence-corrected chi connectivity index (χ3v) is 3.45. The van der Waals surface area contributed by atoms with Gasteiger partial charge in [-0.2, -0.15) is 0 Å². The molecule has 0 bridgehead atoms. The van der Waals surface area contributed by atoms with E-state index in [4.69, 9.17) is 5.73 Å². The highest BCUT2D eigenvalue weighted by atomic mass is 19.1. The van der Waals surface area contributed by atoms with Gasteiger partial charge in [-0.15, -0.1) is 0 Å². The molecule has 1 heterocycles. The van der Waals surface area contributed by atoms with Gasteiger partial charge < -0.3 is 10.6 Å². The number of benzene rings is 1. The highest BCUT2D eigenvalue weighted by Gasteiger charge is 2.23. The van der Waals surface area contributed by atoms with Crippen LogP contribution >= 0.6 is 0 Å². The van der Waals surface area contributed by atoms with Crippen LogP contribution < -0.4 is 5.73 Å². The average molecular weight is 237 g/mol. The van der Waals surface area contributed by atoms with Gasteiger partial charge in [-0.3, -0.25) is 4.90 Å². The van der Waals surface area contributed by atoms with E-state index in [0.29, 0.717) is 0 Å². The minimum atomic E-state index is -0.340. The van der Waals surface area contributed by atoms with E-state index in [1.807, 2.05) is 24.3 Å². The Morgan fingerprint density at radius 1 is 1.18 bits per heavy atom. The summed E-state index contributed by atoms with van der Waals surface area (Å²) in [5, 5.41) is 0. The summed E-state index contributed by atoms with van der Waals surface area (Å²) >= 11 is 0. The highest BCUT2D eigenvalue weighted by molar-refractivity contribution is 5.40. The number of hydrogen-bond acceptors (Lipinski definition) is 3. The van der Waals surface area contributed by atoms with Crippen LogP contribution in [0.25, 0.3) is 0 Å². The van der Waals surface area contributed by atoms with E-state index in [2.05, 4.69) is 16.8 Å². The molecule has 1 saturated heterocycles. The molecule has 2 rings (SSSR count). The number of piperazine rings is 1. The molecule has 1 aliphatic heterocycles. The van der Waals surface area contributed by atoms with Crippen molar-refractivity contribution in [2.75, 3.05) is 45.6 Å². The molecule has 0 aliphatic carbocycles. The summed E-state index contributed by atoms with van der Waals surface area (Å²) in [5.74, 6) is 0. The van der Waals surface area contributed by atoms with Crippen LogP contribution in [0.4, 0.5) is 10.1 Å². The van der Waals surface area contributed by atoms with E-state index in [-0.39, 0.29) is 12.7 Å². The Balaban J connectivity index is 2.08. The second-order valence-corrected chi connectivity index (χ2v) is 4.68. The van der Waals surface area contributed by atoms with Crippen LogP contribution in [-0.4, -0.2) is 49.7 Å². The Hall–Kier alpha value is -1.13. The number of nitrogen functional groups attached to an aromatic ring is 1. The topological polar surface area (TPSA) is 32.5 Å². The predicted octanol–water partition coefficient (Wildman–Crippen LogP) is 1.53. The molecule has 4 heteroatoms. The zero-order valence-electron chi connectivity index (χ0n) is 10.3. The maximum atomic E-state index is 13.2. The number of nitrogens with two attached hydrogens (primary N) is 1. The molecule has 1 aromatic rings. The van der Waals surface area contributed by atoms with Gasteiger partial charge in [0.1, 0.15) is 6.67 Å². The number of rotatable bonds is 3. The van der Waals surface area contributed by atoms with Gasteiger partial charge in [0.2, 0.25) is 0 Å². The van der Waals surface area contributed by atoms with Gasteiger partial charge in [0, 0.05) is 31.9 Å². The van der Waals surface area contributed by atoms with E-state index in [1.165, 1.54) is 0 Å². The fourth-order valence-electron chi connectivity index (χ4n) is 2.25. The van der Waals surface area contributed by atoms with Crippen LogP contribution in [0.1, 0.15) is 11.6 Å². The van der Waals surface area contributed by atoms with Crippen LogP contribution in [-0.2, 0) is 0 Å². The molecule has 0 aromatic heterocycles. The number of nitrogens with zero attached hydrogens (tertiary/aromatic N) is 2. The first kappa shape index (κ1) is 12.3. The Bertz CT molecular complexity index is 344. The maximum Gasteiger partial charge on any atom is 0.109 e. The molecule has 1 atom stereocenters. The fraction of sp³-hybridized carbons (Fsp3) is 0.538. The number of halogens is 1. The summed E-state index contributed by atoms with van der Waals surface area (Å²) in [6, 6.07) is 7.42. The van der Waals surface area contributed by atoms with Crippen LogP contribution in [0.2, 0.25) is 0 Å². The summed E-state index contributed by atoms with van der Waals surface area (Å²) in [5.41, 5.74) is 7.40. The Morgan fingerprint density at radius 3 is 2.29 bits per heavy atom. The van der Waals surface area contributed by atoms with E-state index in [9.17, 15) is 4.39 Å². The first-order chi connectivity index (χ1) is 8.20. The van der Waals surface area contributed by atoms with Gasteiger partial charge in [0.05, 0.1) is 6.04 Å². The van der Waals surface area contributed by atoms with Crippen LogP contribution in [0, 0.1) is 0 Å². The Kier molecular flexibility index (Phi) is 3.97. The molecule has 1 fully saturated rings. The monoisotopic (exact) mass is 237 g/mol. The van der Waals surface area contributed by atoms with Gasteiger partial charge in [0.25, 0.3) is 0 Å². The summed E-state index contributed by atoms with van der Waals surface area (Å²) in [4.78, 5) is 4.49. The molecule has 0 amide bonds. The molecule has 1 aromatic carbocycles. The van der Waals surface area contributed by atoms with E-state index >= 15 is 0 Å². The lowest BCUT2D eigenvalue weighted by Crippen LogP contribution is -2.46. The quantitative estimate of drug-likeness (QED) is 0.809.